The summed E-state index contributed by atoms with van der Waals surface area (Å²) in [6, 6.07) is 13.4. The number of sulfone groups is 2. The molecule has 0 amide bonds. The molecule has 0 bridgehead atoms. The van der Waals surface area contributed by atoms with E-state index < -0.39 is 19.7 Å². The molecular weight excluding hydrogens is 547 g/mol. The summed E-state index contributed by atoms with van der Waals surface area (Å²) in [4.78, 5) is 0.660. The van der Waals surface area contributed by atoms with Crippen LogP contribution in [0.5, 0.6) is 5.75 Å². The van der Waals surface area contributed by atoms with E-state index in [4.69, 9.17) is 5.02 Å². The molecule has 2 heterocycles. The van der Waals surface area contributed by atoms with Crippen LogP contribution in [0.4, 0.5) is 0 Å². The van der Waals surface area contributed by atoms with E-state index in [0.29, 0.717) is 23.2 Å². The number of benzene rings is 2. The maximum absolute atomic E-state index is 11.3. The highest BCUT2D eigenvalue weighted by molar-refractivity contribution is 9.10. The van der Waals surface area contributed by atoms with Crippen molar-refractivity contribution in [1.29, 1.82) is 0 Å². The summed E-state index contributed by atoms with van der Waals surface area (Å²) in [5.74, 6) is 0.493. The number of aromatic nitrogens is 4. The van der Waals surface area contributed by atoms with Gasteiger partial charge in [0.05, 0.1) is 28.4 Å². The molecule has 0 saturated heterocycles. The van der Waals surface area contributed by atoms with Gasteiger partial charge in [-0.1, -0.05) is 34.1 Å². The molecule has 10 nitrogen and oxygen atoms in total. The minimum Gasteiger partial charge on any atom is -0.535 e. The average molecular weight is 568 g/mol. The van der Waals surface area contributed by atoms with Gasteiger partial charge in [0.1, 0.15) is 5.75 Å². The van der Waals surface area contributed by atoms with Gasteiger partial charge in [0.15, 0.2) is 19.7 Å². The lowest BCUT2D eigenvalue weighted by atomic mass is 10.1. The largest absolute Gasteiger partial charge is 0.569 e. The van der Waals surface area contributed by atoms with Crippen molar-refractivity contribution in [2.45, 2.75) is 9.79 Å². The molecule has 34 heavy (non-hydrogen) atoms. The summed E-state index contributed by atoms with van der Waals surface area (Å²) in [5, 5.41) is 20.6. The molecule has 2 aromatic carbocycles. The molecule has 0 aliphatic heterocycles. The van der Waals surface area contributed by atoms with E-state index >= 15 is 0 Å². The Morgan fingerprint density at radius 1 is 0.853 bits per heavy atom. The van der Waals surface area contributed by atoms with E-state index in [-0.39, 0.29) is 0 Å². The van der Waals surface area contributed by atoms with Crippen LogP contribution in [0.1, 0.15) is 0 Å². The molecule has 0 saturated carbocycles. The maximum atomic E-state index is 11.3. The van der Waals surface area contributed by atoms with Gasteiger partial charge in [0.25, 0.3) is 0 Å². The lowest BCUT2D eigenvalue weighted by Crippen LogP contribution is -1.97. The van der Waals surface area contributed by atoms with Crippen LogP contribution in [0.15, 0.2) is 87.6 Å². The van der Waals surface area contributed by atoms with E-state index in [2.05, 4.69) is 41.0 Å². The van der Waals surface area contributed by atoms with Gasteiger partial charge in [-0.25, -0.2) is 16.8 Å². The number of hydrogen-bond donors (Lipinski definition) is 3. The normalized spacial score (nSPS) is 10.8. The van der Waals surface area contributed by atoms with Crippen LogP contribution >= 0.6 is 15.9 Å². The zero-order chi connectivity index (χ0) is 25.2. The van der Waals surface area contributed by atoms with E-state index in [1.807, 2.05) is 6.07 Å². The van der Waals surface area contributed by atoms with Crippen molar-refractivity contribution in [3.63, 3.8) is 0 Å². The van der Waals surface area contributed by atoms with Crippen LogP contribution in [-0.4, -0.2) is 62.5 Å². The van der Waals surface area contributed by atoms with Crippen LogP contribution in [0.2, 0.25) is 0 Å². The van der Waals surface area contributed by atoms with E-state index in [1.165, 1.54) is 24.9 Å². The lowest BCUT2D eigenvalue weighted by molar-refractivity contribution is 0.454. The molecule has 1 radical (unpaired) electrons. The highest BCUT2D eigenvalue weighted by atomic mass is 79.9. The third-order valence-electron chi connectivity index (χ3n) is 3.98. The first-order valence-corrected chi connectivity index (χ1v) is 13.9. The van der Waals surface area contributed by atoms with Crippen LogP contribution in [0, 0.1) is 0 Å². The number of H-pyrrole nitrogens is 2. The van der Waals surface area contributed by atoms with Gasteiger partial charge < -0.3 is 9.68 Å². The predicted octanol–water partition coefficient (Wildman–Crippen LogP) is 2.65. The van der Waals surface area contributed by atoms with E-state index in [0.717, 1.165) is 15.6 Å². The fourth-order valence-electron chi connectivity index (χ4n) is 2.38. The monoisotopic (exact) mass is 567 g/mol. The summed E-state index contributed by atoms with van der Waals surface area (Å²) in [6.07, 6.45) is 8.73. The molecule has 4 rings (SSSR count). The first kappa shape index (κ1) is 27.3. The van der Waals surface area contributed by atoms with Gasteiger partial charge >= 0.3 is 7.69 Å². The second kappa shape index (κ2) is 12.5. The van der Waals surface area contributed by atoms with E-state index in [9.17, 15) is 16.8 Å². The van der Waals surface area contributed by atoms with Crippen LogP contribution in [-0.2, 0) is 19.7 Å². The minimum atomic E-state index is -3.15. The van der Waals surface area contributed by atoms with E-state index in [1.54, 1.807) is 54.9 Å². The Kier molecular flexibility index (Phi) is 10.0. The average Bonchev–Trinajstić information content (AvgIpc) is 3.49. The number of nitrogens with one attached hydrogen (secondary N) is 2. The van der Waals surface area contributed by atoms with Crippen molar-refractivity contribution < 1.29 is 26.5 Å². The molecule has 2 aromatic heterocycles. The van der Waals surface area contributed by atoms with Gasteiger partial charge in [-0.2, -0.15) is 10.2 Å². The van der Waals surface area contributed by atoms with Crippen LogP contribution in [0.3, 0.4) is 0 Å². The third kappa shape index (κ3) is 9.13. The molecule has 0 atom stereocenters. The number of aromatic amines is 2. The highest BCUT2D eigenvalue weighted by Crippen LogP contribution is 2.21. The smallest absolute Gasteiger partial charge is 0.535 e. The summed E-state index contributed by atoms with van der Waals surface area (Å²) in [6.45, 7) is 0. The third-order valence-corrected chi connectivity index (χ3v) is 6.69. The molecular formula is C20H21BBrN4O6S2. The Labute approximate surface area is 206 Å². The Balaban J connectivity index is 0.000000190. The second-order valence-corrected chi connectivity index (χ2v) is 11.6. The van der Waals surface area contributed by atoms with Crippen LogP contribution < -0.4 is 4.65 Å². The maximum Gasteiger partial charge on any atom is 0.569 e. The zero-order valence-corrected chi connectivity index (χ0v) is 21.3. The van der Waals surface area contributed by atoms with Crippen molar-refractivity contribution in [2.24, 2.45) is 0 Å². The molecule has 0 aliphatic rings. The number of hydrogen-bond acceptors (Lipinski definition) is 8. The van der Waals surface area contributed by atoms with Gasteiger partial charge in [-0.05, 0) is 35.9 Å². The Hall–Kier alpha value is -2.94. The molecule has 0 unspecified atom stereocenters. The Bertz CT molecular complexity index is 1380. The van der Waals surface area contributed by atoms with Crippen molar-refractivity contribution in [2.75, 3.05) is 12.5 Å². The molecule has 0 aliphatic carbocycles. The lowest BCUT2D eigenvalue weighted by Gasteiger charge is -2.00. The predicted molar refractivity (Wildman–Crippen MR) is 132 cm³/mol. The standard InChI is InChI=1S/C10H10N2O2S.C7H7BrO2S.C3H4BN2O2/c1-15(13,14)10-4-2-3-8(5-10)9-6-11-12-7-9;1-11(9,10)7-4-2-3-6(8)5-7;7-4-8-3-1-5-6-2-3/h2-7H,1H3,(H,11,12);2-5H,1H3;1-2,7H,(H,5,6). The number of nitrogens with zero attached hydrogens (tertiary/aromatic N) is 2. The summed E-state index contributed by atoms with van der Waals surface area (Å²) in [7, 11) is -5.60. The topological polar surface area (TPSA) is 155 Å². The van der Waals surface area contributed by atoms with Crippen molar-refractivity contribution in [3.05, 3.63) is 77.8 Å². The minimum absolute atomic E-state index is 0.321. The molecule has 3 N–H and O–H groups in total. The summed E-state index contributed by atoms with van der Waals surface area (Å²) >= 11 is 3.19. The SMILES string of the molecule is CS(=O)(=O)c1cccc(-c2cn[nH]c2)c1.CS(=O)(=O)c1cccc(Br)c1.O[B]Oc1cn[nH]c1. The Morgan fingerprint density at radius 3 is 1.91 bits per heavy atom. The van der Waals surface area contributed by atoms with Crippen LogP contribution in [0.25, 0.3) is 11.1 Å². The highest BCUT2D eigenvalue weighted by Gasteiger charge is 2.08. The van der Waals surface area contributed by atoms with Gasteiger partial charge in [0.2, 0.25) is 0 Å². The first-order valence-electron chi connectivity index (χ1n) is 9.37. The molecule has 4 aromatic rings. The fraction of sp³-hybridized carbons (Fsp3) is 0.100. The van der Waals surface area contributed by atoms with Crippen molar-refractivity contribution in [1.82, 2.24) is 20.4 Å². The van der Waals surface area contributed by atoms with Gasteiger partial charge in [-0.15, -0.1) is 0 Å². The Morgan fingerprint density at radius 2 is 1.44 bits per heavy atom. The quantitative estimate of drug-likeness (QED) is 0.311. The second-order valence-electron chi connectivity index (χ2n) is 6.67. The summed E-state index contributed by atoms with van der Waals surface area (Å²) < 4.78 is 49.9. The van der Waals surface area contributed by atoms with Gasteiger partial charge in [-0.3, -0.25) is 10.2 Å². The fourth-order valence-corrected chi connectivity index (χ4v) is 4.26. The first-order chi connectivity index (χ1) is 16.0. The zero-order valence-electron chi connectivity index (χ0n) is 18.1. The molecule has 14 heteroatoms. The number of rotatable bonds is 5. The van der Waals surface area contributed by atoms with Gasteiger partial charge in [0, 0.05) is 28.7 Å². The van der Waals surface area contributed by atoms with Crippen molar-refractivity contribution in [3.8, 4) is 16.9 Å². The molecule has 0 spiro atoms. The number of halogens is 1. The summed E-state index contributed by atoms with van der Waals surface area (Å²) in [5.41, 5.74) is 1.71. The molecule has 179 valence electrons. The van der Waals surface area contributed by atoms with Crippen molar-refractivity contribution >= 4 is 43.3 Å². The molecule has 0 fully saturated rings.